The molecular formula is C14H21N3O3. The molecule has 0 fully saturated rings. The zero-order chi connectivity index (χ0) is 14.2. The van der Waals surface area contributed by atoms with Gasteiger partial charge in [-0.3, -0.25) is 4.99 Å². The monoisotopic (exact) mass is 279 g/mol. The van der Waals surface area contributed by atoms with E-state index in [1.807, 2.05) is 18.2 Å². The van der Waals surface area contributed by atoms with Crippen molar-refractivity contribution in [1.82, 2.24) is 10.6 Å². The van der Waals surface area contributed by atoms with E-state index in [1.165, 1.54) is 0 Å². The van der Waals surface area contributed by atoms with Crippen molar-refractivity contribution in [2.75, 3.05) is 33.4 Å². The van der Waals surface area contributed by atoms with Gasteiger partial charge in [-0.15, -0.1) is 0 Å². The SMILES string of the molecule is COc1cc(CNC2=NCCCN2)ccc1OCCO. The number of aliphatic imine (C=N–C) groups is 1. The lowest BCUT2D eigenvalue weighted by molar-refractivity contribution is 0.196. The molecule has 0 aromatic heterocycles. The lowest BCUT2D eigenvalue weighted by Crippen LogP contribution is -2.40. The number of aliphatic hydroxyl groups excluding tert-OH is 1. The van der Waals surface area contributed by atoms with Crippen LogP contribution >= 0.6 is 0 Å². The molecule has 1 aliphatic rings. The molecule has 0 spiro atoms. The number of nitrogens with one attached hydrogen (secondary N) is 2. The number of hydrogen-bond acceptors (Lipinski definition) is 6. The largest absolute Gasteiger partial charge is 0.493 e. The Morgan fingerprint density at radius 2 is 2.30 bits per heavy atom. The molecule has 0 unspecified atom stereocenters. The van der Waals surface area contributed by atoms with E-state index in [9.17, 15) is 0 Å². The van der Waals surface area contributed by atoms with E-state index in [0.717, 1.165) is 31.0 Å². The Morgan fingerprint density at radius 3 is 3.00 bits per heavy atom. The standard InChI is InChI=1S/C14H21N3O3/c1-19-13-9-11(3-4-12(13)20-8-7-18)10-17-14-15-5-2-6-16-14/h3-4,9,18H,2,5-8,10H2,1H3,(H2,15,16,17). The normalized spacial score (nSPS) is 14.2. The summed E-state index contributed by atoms with van der Waals surface area (Å²) in [6, 6.07) is 5.73. The molecule has 0 saturated heterocycles. The second-order valence-corrected chi connectivity index (χ2v) is 4.42. The van der Waals surface area contributed by atoms with Gasteiger partial charge in [0.25, 0.3) is 0 Å². The van der Waals surface area contributed by atoms with Crippen LogP contribution in [0, 0.1) is 0 Å². The highest BCUT2D eigenvalue weighted by atomic mass is 16.5. The van der Waals surface area contributed by atoms with Gasteiger partial charge in [-0.1, -0.05) is 6.07 Å². The maximum absolute atomic E-state index is 8.78. The number of aliphatic hydroxyl groups is 1. The van der Waals surface area contributed by atoms with Gasteiger partial charge in [-0.2, -0.15) is 0 Å². The first-order chi connectivity index (χ1) is 9.83. The van der Waals surface area contributed by atoms with E-state index >= 15 is 0 Å². The maximum atomic E-state index is 8.78. The predicted octanol–water partition coefficient (Wildman–Crippen LogP) is 0.505. The second kappa shape index (κ2) is 7.59. The summed E-state index contributed by atoms with van der Waals surface area (Å²) in [6.07, 6.45) is 1.08. The number of hydrogen-bond donors (Lipinski definition) is 3. The molecule has 6 nitrogen and oxygen atoms in total. The average Bonchev–Trinajstić information content (AvgIpc) is 2.52. The van der Waals surface area contributed by atoms with Crippen LogP contribution in [-0.2, 0) is 6.54 Å². The molecule has 110 valence electrons. The number of nitrogens with zero attached hydrogens (tertiary/aromatic N) is 1. The molecule has 1 heterocycles. The Balaban J connectivity index is 1.96. The highest BCUT2D eigenvalue weighted by Crippen LogP contribution is 2.27. The first kappa shape index (κ1) is 14.5. The maximum Gasteiger partial charge on any atom is 0.191 e. The van der Waals surface area contributed by atoms with E-state index in [4.69, 9.17) is 14.6 Å². The molecule has 2 rings (SSSR count). The van der Waals surface area contributed by atoms with Crippen molar-refractivity contribution in [3.63, 3.8) is 0 Å². The molecule has 6 heteroatoms. The molecule has 0 aliphatic carbocycles. The highest BCUT2D eigenvalue weighted by molar-refractivity contribution is 5.80. The van der Waals surface area contributed by atoms with Crippen LogP contribution in [0.1, 0.15) is 12.0 Å². The zero-order valence-corrected chi connectivity index (χ0v) is 11.7. The van der Waals surface area contributed by atoms with Gasteiger partial charge in [-0.05, 0) is 24.1 Å². The smallest absolute Gasteiger partial charge is 0.191 e. The molecule has 0 amide bonds. The quantitative estimate of drug-likeness (QED) is 0.707. The Kier molecular flexibility index (Phi) is 5.49. The van der Waals surface area contributed by atoms with Crippen molar-refractivity contribution in [3.05, 3.63) is 23.8 Å². The second-order valence-electron chi connectivity index (χ2n) is 4.42. The van der Waals surface area contributed by atoms with E-state index in [1.54, 1.807) is 7.11 Å². The lowest BCUT2D eigenvalue weighted by atomic mass is 10.2. The molecule has 3 N–H and O–H groups in total. The molecule has 0 saturated carbocycles. The molecular weight excluding hydrogens is 258 g/mol. The third-order valence-corrected chi connectivity index (χ3v) is 2.93. The minimum absolute atomic E-state index is 0.0159. The Morgan fingerprint density at radius 1 is 1.40 bits per heavy atom. The van der Waals surface area contributed by atoms with Crippen LogP contribution in [0.4, 0.5) is 0 Å². The van der Waals surface area contributed by atoms with Crippen LogP contribution in [0.5, 0.6) is 11.5 Å². The fraction of sp³-hybridized carbons (Fsp3) is 0.500. The number of rotatable bonds is 6. The third kappa shape index (κ3) is 4.03. The summed E-state index contributed by atoms with van der Waals surface area (Å²) >= 11 is 0. The molecule has 0 atom stereocenters. The van der Waals surface area contributed by atoms with Crippen LogP contribution in [0.3, 0.4) is 0 Å². The van der Waals surface area contributed by atoms with Crippen LogP contribution in [0.15, 0.2) is 23.2 Å². The molecule has 0 bridgehead atoms. The molecule has 0 radical (unpaired) electrons. The molecule has 1 aromatic carbocycles. The van der Waals surface area contributed by atoms with E-state index in [0.29, 0.717) is 18.0 Å². The summed E-state index contributed by atoms with van der Waals surface area (Å²) in [6.45, 7) is 2.74. The topological polar surface area (TPSA) is 75.1 Å². The highest BCUT2D eigenvalue weighted by Gasteiger charge is 2.07. The van der Waals surface area contributed by atoms with Crippen LogP contribution in [0.25, 0.3) is 0 Å². The first-order valence-electron chi connectivity index (χ1n) is 6.76. The van der Waals surface area contributed by atoms with Crippen molar-refractivity contribution >= 4 is 5.96 Å². The minimum atomic E-state index is -0.0159. The van der Waals surface area contributed by atoms with E-state index in [-0.39, 0.29) is 13.2 Å². The number of ether oxygens (including phenoxy) is 2. The summed E-state index contributed by atoms with van der Waals surface area (Å²) in [4.78, 5) is 4.36. The predicted molar refractivity (Wildman–Crippen MR) is 77.3 cm³/mol. The van der Waals surface area contributed by atoms with Gasteiger partial charge in [0.05, 0.1) is 13.7 Å². The lowest BCUT2D eigenvalue weighted by Gasteiger charge is -2.16. The summed E-state index contributed by atoms with van der Waals surface area (Å²) in [5, 5.41) is 15.2. The van der Waals surface area contributed by atoms with Crippen molar-refractivity contribution in [1.29, 1.82) is 0 Å². The van der Waals surface area contributed by atoms with Crippen LogP contribution in [-0.4, -0.2) is 44.5 Å². The van der Waals surface area contributed by atoms with Gasteiger partial charge in [0, 0.05) is 19.6 Å². The van der Waals surface area contributed by atoms with Crippen molar-refractivity contribution < 1.29 is 14.6 Å². The molecule has 1 aromatic rings. The third-order valence-electron chi connectivity index (χ3n) is 2.93. The number of methoxy groups -OCH3 is 1. The van der Waals surface area contributed by atoms with Crippen LogP contribution < -0.4 is 20.1 Å². The van der Waals surface area contributed by atoms with Gasteiger partial charge in [0.15, 0.2) is 17.5 Å². The van der Waals surface area contributed by atoms with Crippen molar-refractivity contribution in [2.24, 2.45) is 4.99 Å². The van der Waals surface area contributed by atoms with E-state index < -0.39 is 0 Å². The van der Waals surface area contributed by atoms with Gasteiger partial charge >= 0.3 is 0 Å². The van der Waals surface area contributed by atoms with Crippen molar-refractivity contribution in [2.45, 2.75) is 13.0 Å². The summed E-state index contributed by atoms with van der Waals surface area (Å²) in [5.41, 5.74) is 1.08. The zero-order valence-electron chi connectivity index (χ0n) is 11.7. The van der Waals surface area contributed by atoms with Gasteiger partial charge in [0.1, 0.15) is 6.61 Å². The summed E-state index contributed by atoms with van der Waals surface area (Å²) in [5.74, 6) is 2.14. The van der Waals surface area contributed by atoms with Gasteiger partial charge in [-0.25, -0.2) is 0 Å². The molecule has 1 aliphatic heterocycles. The van der Waals surface area contributed by atoms with Gasteiger partial charge < -0.3 is 25.2 Å². The fourth-order valence-corrected chi connectivity index (χ4v) is 1.93. The number of guanidine groups is 1. The fourth-order valence-electron chi connectivity index (χ4n) is 1.93. The minimum Gasteiger partial charge on any atom is -0.493 e. The van der Waals surface area contributed by atoms with Crippen molar-refractivity contribution in [3.8, 4) is 11.5 Å². The molecule has 20 heavy (non-hydrogen) atoms. The Labute approximate surface area is 118 Å². The summed E-state index contributed by atoms with van der Waals surface area (Å²) < 4.78 is 10.7. The van der Waals surface area contributed by atoms with E-state index in [2.05, 4.69) is 15.6 Å². The Hall–Kier alpha value is -1.95. The van der Waals surface area contributed by atoms with Crippen LogP contribution in [0.2, 0.25) is 0 Å². The summed E-state index contributed by atoms with van der Waals surface area (Å²) in [7, 11) is 1.60. The average molecular weight is 279 g/mol. The number of benzene rings is 1. The first-order valence-corrected chi connectivity index (χ1v) is 6.76. The Bertz CT molecular complexity index is 463. The van der Waals surface area contributed by atoms with Gasteiger partial charge in [0.2, 0.25) is 0 Å².